The number of carboxylic acid groups (broad SMARTS) is 1. The SMILES string of the molecule is CN1CC(=O)N(Cc2ncncc2C(=O)O)CC1=O. The predicted octanol–water partition coefficient (Wildman–Crippen LogP) is -1.02. The third kappa shape index (κ3) is 2.67. The van der Waals surface area contributed by atoms with Crippen molar-refractivity contribution in [1.29, 1.82) is 0 Å². The molecule has 0 atom stereocenters. The number of aromatic carboxylic acids is 1. The Hall–Kier alpha value is -2.51. The van der Waals surface area contributed by atoms with E-state index in [9.17, 15) is 14.4 Å². The zero-order chi connectivity index (χ0) is 14.0. The highest BCUT2D eigenvalue weighted by atomic mass is 16.4. The van der Waals surface area contributed by atoms with Crippen LogP contribution in [0.4, 0.5) is 0 Å². The monoisotopic (exact) mass is 264 g/mol. The zero-order valence-electron chi connectivity index (χ0n) is 10.2. The minimum Gasteiger partial charge on any atom is -0.478 e. The summed E-state index contributed by atoms with van der Waals surface area (Å²) < 4.78 is 0. The van der Waals surface area contributed by atoms with Crippen molar-refractivity contribution in [2.24, 2.45) is 0 Å². The number of carbonyl (C=O) groups excluding carboxylic acids is 2. The molecule has 2 rings (SSSR count). The standard InChI is InChI=1S/C11H12N4O4/c1-14-4-10(17)15(5-9(14)16)3-8-7(11(18)19)2-12-6-13-8/h2,6H,3-5H2,1H3,(H,18,19). The number of likely N-dealkylation sites (N-methyl/N-ethyl adjacent to an activating group) is 1. The Morgan fingerprint density at radius 3 is 2.79 bits per heavy atom. The van der Waals surface area contributed by atoms with Crippen LogP contribution in [0.1, 0.15) is 16.1 Å². The van der Waals surface area contributed by atoms with Gasteiger partial charge in [-0.2, -0.15) is 0 Å². The second-order valence-corrected chi connectivity index (χ2v) is 4.19. The van der Waals surface area contributed by atoms with Crippen molar-refractivity contribution in [3.8, 4) is 0 Å². The summed E-state index contributed by atoms with van der Waals surface area (Å²) in [5.41, 5.74) is 0.148. The van der Waals surface area contributed by atoms with E-state index in [0.29, 0.717) is 0 Å². The van der Waals surface area contributed by atoms with Crippen LogP contribution < -0.4 is 0 Å². The summed E-state index contributed by atoms with van der Waals surface area (Å²) in [6.07, 6.45) is 2.39. The molecule has 100 valence electrons. The second kappa shape index (κ2) is 5.01. The topological polar surface area (TPSA) is 104 Å². The number of carbonyl (C=O) groups is 3. The van der Waals surface area contributed by atoms with Gasteiger partial charge in [-0.15, -0.1) is 0 Å². The van der Waals surface area contributed by atoms with E-state index in [1.807, 2.05) is 0 Å². The Bertz CT molecular complexity index is 545. The Morgan fingerprint density at radius 1 is 1.37 bits per heavy atom. The van der Waals surface area contributed by atoms with Crippen LogP contribution in [0.15, 0.2) is 12.5 Å². The van der Waals surface area contributed by atoms with Crippen molar-refractivity contribution in [3.05, 3.63) is 23.8 Å². The van der Waals surface area contributed by atoms with E-state index in [1.165, 1.54) is 22.3 Å². The number of amides is 2. The van der Waals surface area contributed by atoms with Gasteiger partial charge in [-0.25, -0.2) is 14.8 Å². The fourth-order valence-corrected chi connectivity index (χ4v) is 1.75. The Balaban J connectivity index is 2.20. The molecule has 0 radical (unpaired) electrons. The lowest BCUT2D eigenvalue weighted by molar-refractivity contribution is -0.149. The molecule has 1 aromatic rings. The van der Waals surface area contributed by atoms with Crippen LogP contribution in [-0.4, -0.2) is 62.8 Å². The molecule has 0 spiro atoms. The van der Waals surface area contributed by atoms with E-state index in [1.54, 1.807) is 7.05 Å². The lowest BCUT2D eigenvalue weighted by atomic mass is 10.2. The smallest absolute Gasteiger partial charge is 0.339 e. The Morgan fingerprint density at radius 2 is 2.11 bits per heavy atom. The lowest BCUT2D eigenvalue weighted by Crippen LogP contribution is -2.51. The van der Waals surface area contributed by atoms with Gasteiger partial charge in [0.05, 0.1) is 18.8 Å². The van der Waals surface area contributed by atoms with E-state index in [2.05, 4.69) is 9.97 Å². The summed E-state index contributed by atoms with van der Waals surface area (Å²) >= 11 is 0. The molecule has 8 heteroatoms. The number of aromatic nitrogens is 2. The van der Waals surface area contributed by atoms with Gasteiger partial charge in [-0.3, -0.25) is 9.59 Å². The highest BCUT2D eigenvalue weighted by Crippen LogP contribution is 2.11. The maximum absolute atomic E-state index is 11.8. The molecule has 8 nitrogen and oxygen atoms in total. The van der Waals surface area contributed by atoms with Gasteiger partial charge in [0.25, 0.3) is 0 Å². The molecule has 0 bridgehead atoms. The molecule has 19 heavy (non-hydrogen) atoms. The predicted molar refractivity (Wildman–Crippen MR) is 62.0 cm³/mol. The van der Waals surface area contributed by atoms with Gasteiger partial charge in [-0.1, -0.05) is 0 Å². The van der Waals surface area contributed by atoms with Crippen LogP contribution in [0.2, 0.25) is 0 Å². The van der Waals surface area contributed by atoms with E-state index >= 15 is 0 Å². The molecule has 0 aromatic carbocycles. The molecule has 1 fully saturated rings. The van der Waals surface area contributed by atoms with Crippen LogP contribution in [0, 0.1) is 0 Å². The summed E-state index contributed by atoms with van der Waals surface area (Å²) in [4.78, 5) is 44.4. The van der Waals surface area contributed by atoms with E-state index in [0.717, 1.165) is 0 Å². The Labute approximate surface area is 108 Å². The highest BCUT2D eigenvalue weighted by Gasteiger charge is 2.28. The number of carboxylic acids is 1. The number of rotatable bonds is 3. The van der Waals surface area contributed by atoms with Crippen LogP contribution in [0.5, 0.6) is 0 Å². The first kappa shape index (κ1) is 12.9. The van der Waals surface area contributed by atoms with E-state index in [-0.39, 0.29) is 42.7 Å². The minimum atomic E-state index is -1.16. The van der Waals surface area contributed by atoms with Crippen molar-refractivity contribution in [2.75, 3.05) is 20.1 Å². The number of nitrogens with zero attached hydrogens (tertiary/aromatic N) is 4. The number of hydrogen-bond acceptors (Lipinski definition) is 5. The Kier molecular flexibility index (Phi) is 3.41. The molecule has 0 unspecified atom stereocenters. The third-order valence-corrected chi connectivity index (χ3v) is 2.84. The van der Waals surface area contributed by atoms with E-state index in [4.69, 9.17) is 5.11 Å². The molecular formula is C11H12N4O4. The van der Waals surface area contributed by atoms with Crippen LogP contribution in [0.3, 0.4) is 0 Å². The summed E-state index contributed by atoms with van der Waals surface area (Å²) in [5.74, 6) is -1.59. The van der Waals surface area contributed by atoms with Gasteiger partial charge < -0.3 is 14.9 Å². The van der Waals surface area contributed by atoms with Crippen LogP contribution in [0.25, 0.3) is 0 Å². The molecule has 0 aliphatic carbocycles. The van der Waals surface area contributed by atoms with Gasteiger partial charge in [-0.05, 0) is 0 Å². The van der Waals surface area contributed by atoms with Crippen molar-refractivity contribution in [1.82, 2.24) is 19.8 Å². The highest BCUT2D eigenvalue weighted by molar-refractivity contribution is 5.92. The fourth-order valence-electron chi connectivity index (χ4n) is 1.75. The van der Waals surface area contributed by atoms with Gasteiger partial charge in [0.2, 0.25) is 11.8 Å². The molecule has 0 saturated carbocycles. The van der Waals surface area contributed by atoms with Gasteiger partial charge in [0, 0.05) is 13.2 Å². The molecule has 1 aliphatic heterocycles. The van der Waals surface area contributed by atoms with Crippen molar-refractivity contribution in [2.45, 2.75) is 6.54 Å². The summed E-state index contributed by atoms with van der Waals surface area (Å²) in [5, 5.41) is 9.00. The van der Waals surface area contributed by atoms with Gasteiger partial charge in [0.15, 0.2) is 0 Å². The molecule has 1 saturated heterocycles. The first-order valence-corrected chi connectivity index (χ1v) is 5.53. The molecule has 2 heterocycles. The summed E-state index contributed by atoms with van der Waals surface area (Å²) in [6.45, 7) is -0.0900. The quantitative estimate of drug-likeness (QED) is 0.749. The molecule has 2 amide bonds. The van der Waals surface area contributed by atoms with Gasteiger partial charge in [0.1, 0.15) is 18.4 Å². The normalized spacial score (nSPS) is 15.8. The molecule has 1 N–H and O–H groups in total. The summed E-state index contributed by atoms with van der Waals surface area (Å²) in [6, 6.07) is 0. The fraction of sp³-hybridized carbons (Fsp3) is 0.364. The van der Waals surface area contributed by atoms with Crippen molar-refractivity contribution < 1.29 is 19.5 Å². The number of hydrogen-bond donors (Lipinski definition) is 1. The third-order valence-electron chi connectivity index (χ3n) is 2.84. The van der Waals surface area contributed by atoms with Gasteiger partial charge >= 0.3 is 5.97 Å². The second-order valence-electron chi connectivity index (χ2n) is 4.19. The number of piperazine rings is 1. The minimum absolute atomic E-state index is 0.00762. The van der Waals surface area contributed by atoms with Crippen LogP contribution >= 0.6 is 0 Å². The molecule has 1 aliphatic rings. The zero-order valence-corrected chi connectivity index (χ0v) is 10.2. The van der Waals surface area contributed by atoms with E-state index < -0.39 is 5.97 Å². The first-order chi connectivity index (χ1) is 8.99. The average Bonchev–Trinajstić information content (AvgIpc) is 2.36. The van der Waals surface area contributed by atoms with Crippen molar-refractivity contribution >= 4 is 17.8 Å². The first-order valence-electron chi connectivity index (χ1n) is 5.53. The average molecular weight is 264 g/mol. The molecule has 1 aromatic heterocycles. The largest absolute Gasteiger partial charge is 0.478 e. The maximum atomic E-state index is 11.8. The maximum Gasteiger partial charge on any atom is 0.339 e. The lowest BCUT2D eigenvalue weighted by Gasteiger charge is -2.31. The van der Waals surface area contributed by atoms with Crippen molar-refractivity contribution in [3.63, 3.8) is 0 Å². The molecular weight excluding hydrogens is 252 g/mol. The van der Waals surface area contributed by atoms with Crippen LogP contribution in [-0.2, 0) is 16.1 Å². The summed E-state index contributed by atoms with van der Waals surface area (Å²) in [7, 11) is 1.55.